The number of nitrogens with two attached hydrogens (primary N) is 1. The van der Waals surface area contributed by atoms with Gasteiger partial charge in [-0.15, -0.1) is 0 Å². The molecule has 0 aromatic carbocycles. The summed E-state index contributed by atoms with van der Waals surface area (Å²) >= 11 is 5.09. The minimum absolute atomic E-state index is 0.0127. The molecule has 1 amide bonds. The number of piperidine rings is 1. The summed E-state index contributed by atoms with van der Waals surface area (Å²) in [5.41, 5.74) is 5.75. The Morgan fingerprint density at radius 1 is 1.50 bits per heavy atom. The molecular formula is C11H21N3OS. The molecule has 3 N–H and O–H groups in total. The third kappa shape index (κ3) is 3.42. The Balaban J connectivity index is 2.32. The molecule has 4 nitrogen and oxygen atoms in total. The zero-order chi connectivity index (χ0) is 12.2. The Kier molecular flexibility index (Phi) is 4.68. The van der Waals surface area contributed by atoms with E-state index in [9.17, 15) is 4.79 Å². The fraction of sp³-hybridized carbons (Fsp3) is 0.818. The van der Waals surface area contributed by atoms with Crippen molar-refractivity contribution in [1.82, 2.24) is 10.2 Å². The molecule has 0 unspecified atom stereocenters. The lowest BCUT2D eigenvalue weighted by Crippen LogP contribution is -2.45. The average Bonchev–Trinajstić information content (AvgIpc) is 2.27. The van der Waals surface area contributed by atoms with Crippen LogP contribution in [0.1, 0.15) is 26.2 Å². The van der Waals surface area contributed by atoms with Crippen LogP contribution in [0.2, 0.25) is 0 Å². The van der Waals surface area contributed by atoms with Crippen LogP contribution in [0.4, 0.5) is 0 Å². The Labute approximate surface area is 103 Å². The maximum Gasteiger partial charge on any atom is 0.221 e. The lowest BCUT2D eigenvalue weighted by Gasteiger charge is -2.38. The molecule has 0 aliphatic carbocycles. The first-order valence-corrected chi connectivity index (χ1v) is 6.11. The first kappa shape index (κ1) is 13.4. The van der Waals surface area contributed by atoms with Gasteiger partial charge in [0, 0.05) is 25.4 Å². The molecule has 1 aliphatic heterocycles. The van der Waals surface area contributed by atoms with Crippen LogP contribution in [0.3, 0.4) is 0 Å². The second-order valence-corrected chi connectivity index (χ2v) is 5.13. The highest BCUT2D eigenvalue weighted by molar-refractivity contribution is 7.80. The molecule has 16 heavy (non-hydrogen) atoms. The number of thiocarbonyl (C=S) groups is 1. The fourth-order valence-corrected chi connectivity index (χ4v) is 2.11. The molecule has 1 rings (SSSR count). The molecule has 0 radical (unpaired) electrons. The van der Waals surface area contributed by atoms with Crippen molar-refractivity contribution >= 4 is 23.1 Å². The summed E-state index contributed by atoms with van der Waals surface area (Å²) in [5, 5.41) is 2.63. The molecular weight excluding hydrogens is 222 g/mol. The van der Waals surface area contributed by atoms with Gasteiger partial charge in [-0.2, -0.15) is 0 Å². The van der Waals surface area contributed by atoms with Crippen LogP contribution in [0.25, 0.3) is 0 Å². The van der Waals surface area contributed by atoms with Gasteiger partial charge >= 0.3 is 0 Å². The normalized spacial score (nSPS) is 20.4. The van der Waals surface area contributed by atoms with E-state index in [1.807, 2.05) is 0 Å². The third-order valence-electron chi connectivity index (χ3n) is 3.49. The van der Waals surface area contributed by atoms with E-state index in [0.717, 1.165) is 32.5 Å². The summed E-state index contributed by atoms with van der Waals surface area (Å²) in [5.74, 6) is 0.0997. The number of hydrogen-bond donors (Lipinski definition) is 2. The van der Waals surface area contributed by atoms with Crippen LogP contribution in [0.15, 0.2) is 0 Å². The highest BCUT2D eigenvalue weighted by Crippen LogP contribution is 2.30. The lowest BCUT2D eigenvalue weighted by atomic mass is 9.80. The summed E-state index contributed by atoms with van der Waals surface area (Å²) in [7, 11) is 1.67. The number of carbonyl (C=O) groups is 1. The topological polar surface area (TPSA) is 58.4 Å². The minimum Gasteiger partial charge on any atom is -0.393 e. The average molecular weight is 243 g/mol. The molecule has 0 bridgehead atoms. The van der Waals surface area contributed by atoms with Crippen LogP contribution in [0, 0.1) is 5.41 Å². The summed E-state index contributed by atoms with van der Waals surface area (Å²) < 4.78 is 0. The first-order valence-electron chi connectivity index (χ1n) is 5.71. The van der Waals surface area contributed by atoms with E-state index in [-0.39, 0.29) is 11.3 Å². The summed E-state index contributed by atoms with van der Waals surface area (Å²) in [6, 6.07) is 0. The number of carbonyl (C=O) groups excluding carboxylic acids is 1. The van der Waals surface area contributed by atoms with Crippen LogP contribution in [0.5, 0.6) is 0 Å². The molecule has 5 heteroatoms. The van der Waals surface area contributed by atoms with Crippen molar-refractivity contribution in [1.29, 1.82) is 0 Å². The number of hydrogen-bond acceptors (Lipinski definition) is 3. The summed E-state index contributed by atoms with van der Waals surface area (Å²) in [4.78, 5) is 14.0. The maximum atomic E-state index is 11.1. The van der Waals surface area contributed by atoms with Gasteiger partial charge in [-0.3, -0.25) is 4.79 Å². The van der Waals surface area contributed by atoms with Gasteiger partial charge in [-0.1, -0.05) is 19.1 Å². The second-order valence-electron chi connectivity index (χ2n) is 4.69. The fourth-order valence-electron chi connectivity index (χ4n) is 1.90. The largest absolute Gasteiger partial charge is 0.393 e. The Bertz CT molecular complexity index is 272. The van der Waals surface area contributed by atoms with Crippen molar-refractivity contribution in [3.63, 3.8) is 0 Å². The SMILES string of the molecule is CNC(=O)CCN1CCC(C)(C(N)=S)CC1. The van der Waals surface area contributed by atoms with Crippen LogP contribution < -0.4 is 11.1 Å². The van der Waals surface area contributed by atoms with Gasteiger partial charge in [0.05, 0.1) is 4.99 Å². The van der Waals surface area contributed by atoms with E-state index in [0.29, 0.717) is 11.4 Å². The van der Waals surface area contributed by atoms with Gasteiger partial charge in [0.2, 0.25) is 5.91 Å². The number of nitrogens with zero attached hydrogens (tertiary/aromatic N) is 1. The van der Waals surface area contributed by atoms with E-state index in [1.54, 1.807) is 7.05 Å². The Morgan fingerprint density at radius 3 is 2.50 bits per heavy atom. The van der Waals surface area contributed by atoms with Gasteiger partial charge in [0.15, 0.2) is 0 Å². The zero-order valence-corrected chi connectivity index (χ0v) is 10.9. The van der Waals surface area contributed by atoms with Crippen molar-refractivity contribution in [2.45, 2.75) is 26.2 Å². The summed E-state index contributed by atoms with van der Waals surface area (Å²) in [6.07, 6.45) is 2.56. The zero-order valence-electron chi connectivity index (χ0n) is 10.1. The number of rotatable bonds is 4. The smallest absolute Gasteiger partial charge is 0.221 e. The standard InChI is InChI=1S/C11H21N3OS/c1-11(10(12)16)4-7-14(8-5-11)6-3-9(15)13-2/h3-8H2,1-2H3,(H2,12,16)(H,13,15). The predicted molar refractivity (Wildman–Crippen MR) is 69.3 cm³/mol. The Hall–Kier alpha value is -0.680. The molecule has 1 saturated heterocycles. The number of nitrogens with one attached hydrogen (secondary N) is 1. The molecule has 92 valence electrons. The van der Waals surface area contributed by atoms with E-state index in [2.05, 4.69) is 17.1 Å². The molecule has 0 spiro atoms. The van der Waals surface area contributed by atoms with Crippen molar-refractivity contribution in [2.24, 2.45) is 11.1 Å². The predicted octanol–water partition coefficient (Wildman–Crippen LogP) is 0.511. The minimum atomic E-state index is 0.0127. The van der Waals surface area contributed by atoms with E-state index in [1.165, 1.54) is 0 Å². The van der Waals surface area contributed by atoms with Gasteiger partial charge in [0.25, 0.3) is 0 Å². The second kappa shape index (κ2) is 5.59. The van der Waals surface area contributed by atoms with Gasteiger partial charge < -0.3 is 16.0 Å². The van der Waals surface area contributed by atoms with Crippen molar-refractivity contribution in [3.8, 4) is 0 Å². The van der Waals surface area contributed by atoms with Crippen LogP contribution >= 0.6 is 12.2 Å². The number of amides is 1. The van der Waals surface area contributed by atoms with Crippen LogP contribution in [-0.2, 0) is 4.79 Å². The van der Waals surface area contributed by atoms with E-state index in [4.69, 9.17) is 18.0 Å². The van der Waals surface area contributed by atoms with Crippen molar-refractivity contribution < 1.29 is 4.79 Å². The Morgan fingerprint density at radius 2 is 2.06 bits per heavy atom. The summed E-state index contributed by atoms with van der Waals surface area (Å²) in [6.45, 7) is 4.91. The third-order valence-corrected chi connectivity index (χ3v) is 3.98. The van der Waals surface area contributed by atoms with Crippen molar-refractivity contribution in [2.75, 3.05) is 26.7 Å². The van der Waals surface area contributed by atoms with Gasteiger partial charge in [-0.25, -0.2) is 0 Å². The van der Waals surface area contributed by atoms with Crippen LogP contribution in [-0.4, -0.2) is 42.5 Å². The molecule has 0 aromatic heterocycles. The van der Waals surface area contributed by atoms with Crippen molar-refractivity contribution in [3.05, 3.63) is 0 Å². The highest BCUT2D eigenvalue weighted by Gasteiger charge is 2.32. The lowest BCUT2D eigenvalue weighted by molar-refractivity contribution is -0.121. The van der Waals surface area contributed by atoms with Gasteiger partial charge in [0.1, 0.15) is 0 Å². The first-order chi connectivity index (χ1) is 7.48. The van der Waals surface area contributed by atoms with Gasteiger partial charge in [-0.05, 0) is 25.9 Å². The number of likely N-dealkylation sites (tertiary alicyclic amines) is 1. The molecule has 1 aliphatic rings. The molecule has 0 aromatic rings. The van der Waals surface area contributed by atoms with E-state index >= 15 is 0 Å². The maximum absolute atomic E-state index is 11.1. The van der Waals surface area contributed by atoms with E-state index < -0.39 is 0 Å². The highest BCUT2D eigenvalue weighted by atomic mass is 32.1. The monoisotopic (exact) mass is 243 g/mol. The molecule has 1 fully saturated rings. The quantitative estimate of drug-likeness (QED) is 0.706. The molecule has 0 saturated carbocycles. The molecule has 1 heterocycles. The molecule has 0 atom stereocenters.